The van der Waals surface area contributed by atoms with Crippen LogP contribution in [0.2, 0.25) is 10.0 Å². The van der Waals surface area contributed by atoms with Gasteiger partial charge in [0.25, 0.3) is 0 Å². The van der Waals surface area contributed by atoms with E-state index in [-0.39, 0.29) is 5.78 Å². The van der Waals surface area contributed by atoms with Gasteiger partial charge in [0.1, 0.15) is 17.3 Å². The van der Waals surface area contributed by atoms with Crippen LogP contribution < -0.4 is 4.74 Å². The van der Waals surface area contributed by atoms with E-state index >= 15 is 0 Å². The molecule has 0 aliphatic carbocycles. The van der Waals surface area contributed by atoms with Crippen LogP contribution in [0.15, 0.2) is 66.7 Å². The Morgan fingerprint density at radius 2 is 1.58 bits per heavy atom. The largest absolute Gasteiger partial charge is 0.455 e. The Morgan fingerprint density at radius 1 is 0.875 bits per heavy atom. The number of ketones is 1. The second-order valence-corrected chi connectivity index (χ2v) is 5.85. The van der Waals surface area contributed by atoms with E-state index in [1.54, 1.807) is 42.5 Å². The molecule has 0 heterocycles. The summed E-state index contributed by atoms with van der Waals surface area (Å²) in [6.45, 7) is 0. The minimum Gasteiger partial charge on any atom is -0.455 e. The Kier molecular flexibility index (Phi) is 4.84. The quantitative estimate of drug-likeness (QED) is 0.521. The first kappa shape index (κ1) is 16.5. The Bertz CT molecular complexity index is 892. The van der Waals surface area contributed by atoms with Gasteiger partial charge in [-0.1, -0.05) is 35.3 Å². The average molecular weight is 361 g/mol. The summed E-state index contributed by atoms with van der Waals surface area (Å²) in [4.78, 5) is 12.7. The highest BCUT2D eigenvalue weighted by molar-refractivity contribution is 6.34. The third-order valence-corrected chi connectivity index (χ3v) is 3.90. The monoisotopic (exact) mass is 360 g/mol. The molecule has 2 nitrogen and oxygen atoms in total. The van der Waals surface area contributed by atoms with Crippen LogP contribution in [0.25, 0.3) is 0 Å². The van der Waals surface area contributed by atoms with E-state index in [0.717, 1.165) is 0 Å². The summed E-state index contributed by atoms with van der Waals surface area (Å²) in [6.07, 6.45) is 0. The molecule has 5 heteroatoms. The molecule has 0 saturated heterocycles. The SMILES string of the molecule is O=C(c1ccc(F)cc1)c1ccccc1Oc1cc(Cl)ccc1Cl. The Hall–Kier alpha value is -2.36. The first-order valence-corrected chi connectivity index (χ1v) is 7.82. The zero-order chi connectivity index (χ0) is 17.1. The maximum absolute atomic E-state index is 13.0. The van der Waals surface area contributed by atoms with Crippen molar-refractivity contribution in [3.8, 4) is 11.5 Å². The number of ether oxygens (including phenoxy) is 1. The zero-order valence-electron chi connectivity index (χ0n) is 12.3. The fourth-order valence-electron chi connectivity index (χ4n) is 2.17. The molecule has 0 amide bonds. The van der Waals surface area contributed by atoms with Gasteiger partial charge in [0.15, 0.2) is 5.78 Å². The van der Waals surface area contributed by atoms with Crippen molar-refractivity contribution in [2.45, 2.75) is 0 Å². The fourth-order valence-corrected chi connectivity index (χ4v) is 2.49. The van der Waals surface area contributed by atoms with Crippen molar-refractivity contribution in [3.05, 3.63) is 93.7 Å². The highest BCUT2D eigenvalue weighted by atomic mass is 35.5. The van der Waals surface area contributed by atoms with Crippen LogP contribution in [0, 0.1) is 5.82 Å². The van der Waals surface area contributed by atoms with E-state index in [0.29, 0.717) is 32.7 Å². The van der Waals surface area contributed by atoms with Gasteiger partial charge in [-0.05, 0) is 48.5 Å². The molecule has 3 aromatic rings. The number of carbonyl (C=O) groups is 1. The highest BCUT2D eigenvalue weighted by Gasteiger charge is 2.16. The lowest BCUT2D eigenvalue weighted by atomic mass is 10.0. The van der Waals surface area contributed by atoms with Gasteiger partial charge in [0, 0.05) is 16.7 Å². The molecule has 0 fully saturated rings. The number of carbonyl (C=O) groups excluding carboxylic acids is 1. The normalized spacial score (nSPS) is 10.5. The minimum absolute atomic E-state index is 0.274. The third kappa shape index (κ3) is 3.58. The van der Waals surface area contributed by atoms with E-state index in [9.17, 15) is 9.18 Å². The van der Waals surface area contributed by atoms with E-state index in [4.69, 9.17) is 27.9 Å². The molecule has 3 aromatic carbocycles. The predicted octanol–water partition coefficient (Wildman–Crippen LogP) is 6.16. The summed E-state index contributed by atoms with van der Waals surface area (Å²) < 4.78 is 18.8. The molecule has 0 atom stereocenters. The second-order valence-electron chi connectivity index (χ2n) is 5.01. The molecule has 24 heavy (non-hydrogen) atoms. The fraction of sp³-hybridized carbons (Fsp3) is 0. The van der Waals surface area contributed by atoms with Crippen LogP contribution in [-0.4, -0.2) is 5.78 Å². The van der Waals surface area contributed by atoms with Crippen molar-refractivity contribution in [1.29, 1.82) is 0 Å². The summed E-state index contributed by atoms with van der Waals surface area (Å²) in [7, 11) is 0. The standard InChI is InChI=1S/C19H11Cl2FO2/c20-13-7-10-16(21)18(11-13)24-17-4-2-1-3-15(17)19(23)12-5-8-14(22)9-6-12/h1-11H. The highest BCUT2D eigenvalue weighted by Crippen LogP contribution is 2.34. The Labute approximate surface area is 148 Å². The Balaban J connectivity index is 1.97. The number of para-hydroxylation sites is 1. The molecule has 0 saturated carbocycles. The Morgan fingerprint density at radius 3 is 2.33 bits per heavy atom. The summed E-state index contributed by atoms with van der Waals surface area (Å²) in [6, 6.07) is 16.9. The van der Waals surface area contributed by atoms with E-state index in [2.05, 4.69) is 0 Å². The van der Waals surface area contributed by atoms with Gasteiger partial charge in [-0.3, -0.25) is 4.79 Å². The van der Waals surface area contributed by atoms with Crippen molar-refractivity contribution in [2.75, 3.05) is 0 Å². The van der Waals surface area contributed by atoms with Gasteiger partial charge < -0.3 is 4.74 Å². The van der Waals surface area contributed by atoms with Crippen molar-refractivity contribution in [2.24, 2.45) is 0 Å². The van der Waals surface area contributed by atoms with Crippen LogP contribution >= 0.6 is 23.2 Å². The summed E-state index contributed by atoms with van der Waals surface area (Å²) in [5, 5.41) is 0.847. The molecular formula is C19H11Cl2FO2. The smallest absolute Gasteiger partial charge is 0.196 e. The lowest BCUT2D eigenvalue weighted by molar-refractivity contribution is 0.103. The van der Waals surface area contributed by atoms with Gasteiger partial charge in [-0.15, -0.1) is 0 Å². The lowest BCUT2D eigenvalue weighted by Crippen LogP contribution is -2.03. The van der Waals surface area contributed by atoms with Gasteiger partial charge in [0.2, 0.25) is 0 Å². The topological polar surface area (TPSA) is 26.3 Å². The van der Waals surface area contributed by atoms with Crippen molar-refractivity contribution >= 4 is 29.0 Å². The van der Waals surface area contributed by atoms with E-state index in [1.165, 1.54) is 24.3 Å². The molecule has 0 unspecified atom stereocenters. The van der Waals surface area contributed by atoms with Gasteiger partial charge in [-0.2, -0.15) is 0 Å². The average Bonchev–Trinajstić information content (AvgIpc) is 2.59. The maximum Gasteiger partial charge on any atom is 0.196 e. The summed E-state index contributed by atoms with van der Waals surface area (Å²) in [5.74, 6) is 0.0186. The van der Waals surface area contributed by atoms with Crippen molar-refractivity contribution in [1.82, 2.24) is 0 Å². The molecule has 0 spiro atoms. The molecule has 0 aromatic heterocycles. The molecule has 3 rings (SSSR count). The molecular weight excluding hydrogens is 350 g/mol. The van der Waals surface area contributed by atoms with Crippen LogP contribution in [0.3, 0.4) is 0 Å². The molecule has 0 bridgehead atoms. The maximum atomic E-state index is 13.0. The first-order chi connectivity index (χ1) is 11.5. The van der Waals surface area contributed by atoms with Gasteiger partial charge in [-0.25, -0.2) is 4.39 Å². The summed E-state index contributed by atoms with van der Waals surface area (Å²) >= 11 is 12.1. The second kappa shape index (κ2) is 7.04. The number of hydrogen-bond acceptors (Lipinski definition) is 2. The number of benzene rings is 3. The van der Waals surface area contributed by atoms with Crippen LogP contribution in [0.1, 0.15) is 15.9 Å². The number of rotatable bonds is 4. The third-order valence-electron chi connectivity index (χ3n) is 3.35. The zero-order valence-corrected chi connectivity index (χ0v) is 13.8. The predicted molar refractivity (Wildman–Crippen MR) is 92.8 cm³/mol. The number of halogens is 3. The minimum atomic E-state index is -0.401. The van der Waals surface area contributed by atoms with Gasteiger partial charge in [0.05, 0.1) is 10.6 Å². The van der Waals surface area contributed by atoms with Crippen molar-refractivity contribution < 1.29 is 13.9 Å². The van der Waals surface area contributed by atoms with E-state index < -0.39 is 5.82 Å². The van der Waals surface area contributed by atoms with E-state index in [1.807, 2.05) is 0 Å². The number of hydrogen-bond donors (Lipinski definition) is 0. The van der Waals surface area contributed by atoms with Crippen LogP contribution in [0.4, 0.5) is 4.39 Å². The molecule has 0 aliphatic rings. The van der Waals surface area contributed by atoms with Crippen LogP contribution in [0.5, 0.6) is 11.5 Å². The molecule has 0 N–H and O–H groups in total. The molecule has 0 aliphatic heterocycles. The lowest BCUT2D eigenvalue weighted by Gasteiger charge is -2.12. The molecule has 0 radical (unpaired) electrons. The van der Waals surface area contributed by atoms with Crippen molar-refractivity contribution in [3.63, 3.8) is 0 Å². The van der Waals surface area contributed by atoms with Crippen LogP contribution in [-0.2, 0) is 0 Å². The molecule has 120 valence electrons. The van der Waals surface area contributed by atoms with Gasteiger partial charge >= 0.3 is 0 Å². The first-order valence-electron chi connectivity index (χ1n) is 7.07. The summed E-state index contributed by atoms with van der Waals surface area (Å²) in [5.41, 5.74) is 0.713.